The minimum atomic E-state index is -2.16. The Kier molecular flexibility index (Phi) is 13.1. The molecule has 1 rings (SSSR count). The van der Waals surface area contributed by atoms with E-state index in [0.29, 0.717) is 18.4 Å². The zero-order chi connectivity index (χ0) is 28.2. The topological polar surface area (TPSA) is 137 Å². The molecule has 0 saturated carbocycles. The van der Waals surface area contributed by atoms with Crippen molar-refractivity contribution in [2.45, 2.75) is 92.3 Å². The first-order chi connectivity index (χ1) is 17.4. The summed E-state index contributed by atoms with van der Waals surface area (Å²) in [5.41, 5.74) is -1.81. The van der Waals surface area contributed by atoms with Crippen LogP contribution in [0.1, 0.15) is 79.7 Å². The van der Waals surface area contributed by atoms with Crippen LogP contribution in [0.5, 0.6) is 11.5 Å². The fourth-order valence-electron chi connectivity index (χ4n) is 3.69. The molecule has 0 radical (unpaired) electrons. The molecule has 208 valence electrons. The van der Waals surface area contributed by atoms with Crippen LogP contribution in [-0.4, -0.2) is 47.5 Å². The molecule has 3 atom stereocenters. The molecule has 0 aliphatic heterocycles. The number of esters is 2. The van der Waals surface area contributed by atoms with Gasteiger partial charge in [-0.3, -0.25) is 14.9 Å². The van der Waals surface area contributed by atoms with E-state index < -0.39 is 35.7 Å². The van der Waals surface area contributed by atoms with Gasteiger partial charge in [0.25, 0.3) is 5.72 Å². The highest BCUT2D eigenvalue weighted by Gasteiger charge is 2.44. The number of nitrogens with one attached hydrogen (secondary N) is 1. The van der Waals surface area contributed by atoms with Gasteiger partial charge >= 0.3 is 24.1 Å². The highest BCUT2D eigenvalue weighted by Crippen LogP contribution is 2.32. The quantitative estimate of drug-likeness (QED) is 0.186. The molecule has 0 aliphatic carbocycles. The summed E-state index contributed by atoms with van der Waals surface area (Å²) >= 11 is 0. The molecule has 0 amide bonds. The number of carbonyl (C=O) groups is 4. The van der Waals surface area contributed by atoms with E-state index in [0.717, 1.165) is 12.8 Å². The first-order valence-corrected chi connectivity index (χ1v) is 12.8. The molecule has 0 fully saturated rings. The lowest BCUT2D eigenvalue weighted by Gasteiger charge is -2.31. The largest absolute Gasteiger partial charge is 0.510 e. The minimum Gasteiger partial charge on any atom is -0.477 e. The van der Waals surface area contributed by atoms with E-state index in [9.17, 15) is 24.3 Å². The van der Waals surface area contributed by atoms with E-state index >= 15 is 0 Å². The molecule has 2 N–H and O–H groups in total. The molecule has 0 aliphatic rings. The molecule has 10 nitrogen and oxygen atoms in total. The molecule has 0 spiro atoms. The number of hydrogen-bond acceptors (Lipinski definition) is 9. The van der Waals surface area contributed by atoms with E-state index in [1.54, 1.807) is 34.6 Å². The normalized spacial score (nSPS) is 14.3. The maximum atomic E-state index is 12.7. The van der Waals surface area contributed by atoms with Gasteiger partial charge in [0.05, 0.1) is 18.4 Å². The number of carboxylic acids is 1. The van der Waals surface area contributed by atoms with Crippen molar-refractivity contribution in [1.82, 2.24) is 5.32 Å². The predicted octanol–water partition coefficient (Wildman–Crippen LogP) is 4.86. The van der Waals surface area contributed by atoms with Gasteiger partial charge in [-0.15, -0.1) is 0 Å². The van der Waals surface area contributed by atoms with Gasteiger partial charge in [0.15, 0.2) is 11.5 Å². The summed E-state index contributed by atoms with van der Waals surface area (Å²) in [5.74, 6) is -3.16. The monoisotopic (exact) mass is 523 g/mol. The van der Waals surface area contributed by atoms with Gasteiger partial charge in [0.2, 0.25) is 0 Å². The van der Waals surface area contributed by atoms with Crippen molar-refractivity contribution in [2.24, 2.45) is 11.8 Å². The Hall–Kier alpha value is -3.14. The number of hydrogen-bond donors (Lipinski definition) is 2. The third-order valence-corrected chi connectivity index (χ3v) is 5.52. The Morgan fingerprint density at radius 3 is 1.89 bits per heavy atom. The smallest absolute Gasteiger partial charge is 0.477 e. The molecule has 1 aromatic rings. The molecular weight excluding hydrogens is 482 g/mol. The van der Waals surface area contributed by atoms with Crippen LogP contribution in [0.2, 0.25) is 0 Å². The minimum absolute atomic E-state index is 0.00275. The number of rotatable bonds is 15. The lowest BCUT2D eigenvalue weighted by Crippen LogP contribution is -2.59. The number of benzene rings is 1. The van der Waals surface area contributed by atoms with E-state index in [1.807, 2.05) is 13.8 Å². The van der Waals surface area contributed by atoms with Crippen molar-refractivity contribution in [2.75, 3.05) is 6.61 Å². The average Bonchev–Trinajstić information content (AvgIpc) is 2.80. The fraction of sp³-hybridized carbons (Fsp3) is 0.630. The number of aliphatic carboxylic acids is 1. The third-order valence-electron chi connectivity index (χ3n) is 5.52. The van der Waals surface area contributed by atoms with Gasteiger partial charge in [-0.1, -0.05) is 46.6 Å². The Labute approximate surface area is 219 Å². The summed E-state index contributed by atoms with van der Waals surface area (Å²) in [7, 11) is 0. The van der Waals surface area contributed by atoms with Crippen molar-refractivity contribution in [3.8, 4) is 11.5 Å². The summed E-state index contributed by atoms with van der Waals surface area (Å²) in [6, 6.07) is 4.00. The number of carbonyl (C=O) groups excluding carboxylic acids is 3. The summed E-state index contributed by atoms with van der Waals surface area (Å²) in [4.78, 5) is 49.7. The van der Waals surface area contributed by atoms with E-state index in [1.165, 1.54) is 18.2 Å². The van der Waals surface area contributed by atoms with Gasteiger partial charge in [0, 0.05) is 12.5 Å². The second-order valence-electron chi connectivity index (χ2n) is 9.40. The lowest BCUT2D eigenvalue weighted by atomic mass is 10.0. The van der Waals surface area contributed by atoms with Gasteiger partial charge in [-0.2, -0.15) is 0 Å². The molecule has 0 aromatic heterocycles. The zero-order valence-corrected chi connectivity index (χ0v) is 22.9. The Morgan fingerprint density at radius 1 is 0.892 bits per heavy atom. The maximum Gasteiger partial charge on any atom is 0.510 e. The van der Waals surface area contributed by atoms with Crippen LogP contribution in [0.15, 0.2) is 18.2 Å². The average molecular weight is 524 g/mol. The summed E-state index contributed by atoms with van der Waals surface area (Å²) in [6.45, 7) is 12.4. The first-order valence-electron chi connectivity index (χ1n) is 12.8. The van der Waals surface area contributed by atoms with E-state index in [2.05, 4.69) is 5.32 Å². The summed E-state index contributed by atoms with van der Waals surface area (Å²) in [6.07, 6.45) is 1.34. The second kappa shape index (κ2) is 15.2. The molecule has 0 bridgehead atoms. The molecular formula is C27H41NO9. The van der Waals surface area contributed by atoms with Crippen molar-refractivity contribution in [3.05, 3.63) is 23.8 Å². The third kappa shape index (κ3) is 10.0. The van der Waals surface area contributed by atoms with E-state index in [-0.39, 0.29) is 36.5 Å². The van der Waals surface area contributed by atoms with Gasteiger partial charge in [0.1, 0.15) is 0 Å². The second-order valence-corrected chi connectivity index (χ2v) is 9.40. The fourth-order valence-corrected chi connectivity index (χ4v) is 3.69. The SMILES string of the molecule is CCCC(C)C(=O)Oc1ccc(C[C@](NC(C)C)(OC(=O)OCC)C(=O)O)cc1OC(=O)C(C)CCC. The maximum absolute atomic E-state index is 12.7. The van der Waals surface area contributed by atoms with Gasteiger partial charge in [-0.25, -0.2) is 9.59 Å². The molecule has 0 heterocycles. The van der Waals surface area contributed by atoms with Crippen LogP contribution in [-0.2, 0) is 30.3 Å². The molecule has 1 aromatic carbocycles. The highest BCUT2D eigenvalue weighted by atomic mass is 16.7. The van der Waals surface area contributed by atoms with Gasteiger partial charge in [-0.05, 0) is 51.3 Å². The van der Waals surface area contributed by atoms with Crippen molar-refractivity contribution >= 4 is 24.1 Å². The van der Waals surface area contributed by atoms with Crippen molar-refractivity contribution in [3.63, 3.8) is 0 Å². The van der Waals surface area contributed by atoms with Crippen LogP contribution in [0, 0.1) is 11.8 Å². The van der Waals surface area contributed by atoms with Crippen LogP contribution < -0.4 is 14.8 Å². The summed E-state index contributed by atoms with van der Waals surface area (Å²) in [5, 5.41) is 12.8. The molecule has 2 unspecified atom stereocenters. The van der Waals surface area contributed by atoms with Crippen molar-refractivity contribution in [1.29, 1.82) is 0 Å². The Morgan fingerprint density at radius 2 is 1.43 bits per heavy atom. The Bertz CT molecular complexity index is 930. The highest BCUT2D eigenvalue weighted by molar-refractivity contribution is 5.81. The Balaban J connectivity index is 3.45. The van der Waals surface area contributed by atoms with Crippen LogP contribution in [0.25, 0.3) is 0 Å². The van der Waals surface area contributed by atoms with Crippen molar-refractivity contribution < 1.29 is 43.2 Å². The molecule has 10 heteroatoms. The van der Waals surface area contributed by atoms with Crippen LogP contribution >= 0.6 is 0 Å². The molecule has 0 saturated heterocycles. The van der Waals surface area contributed by atoms with Gasteiger partial charge < -0.3 is 24.1 Å². The number of ether oxygens (including phenoxy) is 4. The predicted molar refractivity (Wildman–Crippen MR) is 136 cm³/mol. The van der Waals surface area contributed by atoms with Crippen LogP contribution in [0.4, 0.5) is 4.79 Å². The number of carboxylic acid groups (broad SMARTS) is 1. The lowest BCUT2D eigenvalue weighted by molar-refractivity contribution is -0.166. The van der Waals surface area contributed by atoms with Crippen LogP contribution in [0.3, 0.4) is 0 Å². The standard InChI is InChI=1S/C27H41NO9/c1-8-11-18(6)23(29)35-21-14-13-20(15-22(21)36-24(30)19(7)12-9-2)16-27(25(31)32,28-17(4)5)37-26(33)34-10-3/h13-15,17-19,28H,8-12,16H2,1-7H3,(H,31,32)/t18?,19?,27-/m0/s1. The first kappa shape index (κ1) is 31.9. The molecule has 37 heavy (non-hydrogen) atoms. The van der Waals surface area contributed by atoms with E-state index in [4.69, 9.17) is 18.9 Å². The summed E-state index contributed by atoms with van der Waals surface area (Å²) < 4.78 is 21.2. The zero-order valence-electron chi connectivity index (χ0n) is 22.9.